The van der Waals surface area contributed by atoms with Gasteiger partial charge in [0.15, 0.2) is 0 Å². The molecular weight excluding hydrogens is 370 g/mol. The highest BCUT2D eigenvalue weighted by Crippen LogP contribution is 2.21. The quantitative estimate of drug-likeness (QED) is 0.585. The van der Waals surface area contributed by atoms with Crippen molar-refractivity contribution in [3.8, 4) is 0 Å². The Bertz CT molecular complexity index is 631. The molecule has 0 unspecified atom stereocenters. The molecule has 0 aromatic heterocycles. The van der Waals surface area contributed by atoms with Crippen LogP contribution in [-0.4, -0.2) is 18.2 Å². The molecule has 110 valence electrons. The van der Waals surface area contributed by atoms with Crippen LogP contribution in [0.1, 0.15) is 15.9 Å². The molecule has 0 aliphatic rings. The van der Waals surface area contributed by atoms with Gasteiger partial charge in [-0.05, 0) is 37.3 Å². The third kappa shape index (κ3) is 5.06. The molecule has 0 aliphatic heterocycles. The third-order valence-electron chi connectivity index (χ3n) is 2.85. The van der Waals surface area contributed by atoms with Gasteiger partial charge in [-0.3, -0.25) is 4.79 Å². The van der Waals surface area contributed by atoms with Crippen LogP contribution in [0.2, 0.25) is 5.02 Å². The van der Waals surface area contributed by atoms with Crippen LogP contribution in [0.4, 0.5) is 0 Å². The number of thioether (sulfide) groups is 1. The third-order valence-corrected chi connectivity index (χ3v) is 4.67. The van der Waals surface area contributed by atoms with Crippen molar-refractivity contribution in [2.24, 2.45) is 0 Å². The second-order valence-corrected chi connectivity index (χ2v) is 7.03. The summed E-state index contributed by atoms with van der Waals surface area (Å²) in [5.41, 5.74) is 1.75. The smallest absolute Gasteiger partial charge is 0.252 e. The zero-order chi connectivity index (χ0) is 15.2. The number of halogens is 2. The van der Waals surface area contributed by atoms with Gasteiger partial charge in [0.05, 0.1) is 10.6 Å². The summed E-state index contributed by atoms with van der Waals surface area (Å²) in [6, 6.07) is 13.6. The molecule has 2 aromatic rings. The molecule has 1 amide bonds. The summed E-state index contributed by atoms with van der Waals surface area (Å²) in [7, 11) is 0. The van der Waals surface area contributed by atoms with Crippen molar-refractivity contribution in [3.05, 3.63) is 63.1 Å². The lowest BCUT2D eigenvalue weighted by atomic mass is 10.2. The lowest BCUT2D eigenvalue weighted by Crippen LogP contribution is -2.25. The fourth-order valence-corrected chi connectivity index (χ4v) is 3.26. The summed E-state index contributed by atoms with van der Waals surface area (Å²) in [5.74, 6) is 0.681. The number of aryl methyl sites for hydroxylation is 1. The SMILES string of the molecule is Cc1ccc(SCCNC(=O)c2ccc(Br)cc2Cl)cc1. The molecule has 0 bridgehead atoms. The van der Waals surface area contributed by atoms with E-state index in [4.69, 9.17) is 11.6 Å². The monoisotopic (exact) mass is 383 g/mol. The van der Waals surface area contributed by atoms with Crippen molar-refractivity contribution in [2.75, 3.05) is 12.3 Å². The van der Waals surface area contributed by atoms with Gasteiger partial charge in [0.2, 0.25) is 0 Å². The maximum absolute atomic E-state index is 12.0. The average molecular weight is 385 g/mol. The molecule has 2 rings (SSSR count). The lowest BCUT2D eigenvalue weighted by Gasteiger charge is -2.07. The maximum atomic E-state index is 12.0. The number of nitrogens with one attached hydrogen (secondary N) is 1. The van der Waals surface area contributed by atoms with Crippen LogP contribution < -0.4 is 5.32 Å². The van der Waals surface area contributed by atoms with Crippen molar-refractivity contribution >= 4 is 45.2 Å². The van der Waals surface area contributed by atoms with Crippen molar-refractivity contribution < 1.29 is 4.79 Å². The summed E-state index contributed by atoms with van der Waals surface area (Å²) < 4.78 is 0.860. The van der Waals surface area contributed by atoms with E-state index in [-0.39, 0.29) is 5.91 Å². The molecule has 0 fully saturated rings. The molecule has 5 heteroatoms. The normalized spacial score (nSPS) is 10.4. The highest BCUT2D eigenvalue weighted by molar-refractivity contribution is 9.10. The van der Waals surface area contributed by atoms with Crippen molar-refractivity contribution in [2.45, 2.75) is 11.8 Å². The second kappa shape index (κ2) is 7.87. The minimum atomic E-state index is -0.142. The van der Waals surface area contributed by atoms with E-state index in [9.17, 15) is 4.79 Å². The molecule has 2 aromatic carbocycles. The number of amides is 1. The van der Waals surface area contributed by atoms with E-state index >= 15 is 0 Å². The van der Waals surface area contributed by atoms with E-state index in [2.05, 4.69) is 52.4 Å². The van der Waals surface area contributed by atoms with E-state index in [1.165, 1.54) is 10.5 Å². The molecule has 0 saturated heterocycles. The molecule has 0 radical (unpaired) electrons. The van der Waals surface area contributed by atoms with Gasteiger partial charge in [0.1, 0.15) is 0 Å². The van der Waals surface area contributed by atoms with Gasteiger partial charge in [-0.15, -0.1) is 11.8 Å². The fourth-order valence-electron chi connectivity index (χ4n) is 1.74. The first-order chi connectivity index (χ1) is 10.1. The zero-order valence-electron chi connectivity index (χ0n) is 11.5. The van der Waals surface area contributed by atoms with Gasteiger partial charge in [0, 0.05) is 21.7 Å². The van der Waals surface area contributed by atoms with Crippen LogP contribution in [0, 0.1) is 6.92 Å². The van der Waals surface area contributed by atoms with Gasteiger partial charge in [-0.25, -0.2) is 0 Å². The summed E-state index contributed by atoms with van der Waals surface area (Å²) in [6.45, 7) is 2.67. The highest BCUT2D eigenvalue weighted by Gasteiger charge is 2.09. The van der Waals surface area contributed by atoms with Gasteiger partial charge in [0.25, 0.3) is 5.91 Å². The van der Waals surface area contributed by atoms with Gasteiger partial charge in [-0.2, -0.15) is 0 Å². The topological polar surface area (TPSA) is 29.1 Å². The van der Waals surface area contributed by atoms with Crippen LogP contribution in [0.5, 0.6) is 0 Å². The van der Waals surface area contributed by atoms with Gasteiger partial charge >= 0.3 is 0 Å². The lowest BCUT2D eigenvalue weighted by molar-refractivity contribution is 0.0956. The first-order valence-corrected chi connectivity index (χ1v) is 8.64. The number of rotatable bonds is 5. The minimum Gasteiger partial charge on any atom is -0.351 e. The first kappa shape index (κ1) is 16.4. The molecule has 1 N–H and O–H groups in total. The summed E-state index contributed by atoms with van der Waals surface area (Å²) in [5, 5.41) is 3.33. The summed E-state index contributed by atoms with van der Waals surface area (Å²) in [6.07, 6.45) is 0. The summed E-state index contributed by atoms with van der Waals surface area (Å²) >= 11 is 11.1. The molecule has 2 nitrogen and oxygen atoms in total. The van der Waals surface area contributed by atoms with Crippen molar-refractivity contribution in [3.63, 3.8) is 0 Å². The Labute approximate surface area is 142 Å². The predicted octanol–water partition coefficient (Wildman–Crippen LogP) is 4.93. The van der Waals surface area contributed by atoms with Crippen LogP contribution in [0.15, 0.2) is 51.8 Å². The maximum Gasteiger partial charge on any atom is 0.252 e. The molecule has 0 aliphatic carbocycles. The molecule has 0 heterocycles. The van der Waals surface area contributed by atoms with Gasteiger partial charge < -0.3 is 5.32 Å². The van der Waals surface area contributed by atoms with E-state index in [0.717, 1.165) is 10.2 Å². The van der Waals surface area contributed by atoms with Gasteiger partial charge in [-0.1, -0.05) is 45.2 Å². The van der Waals surface area contributed by atoms with Crippen LogP contribution in [0.25, 0.3) is 0 Å². The number of hydrogen-bond donors (Lipinski definition) is 1. The average Bonchev–Trinajstić information content (AvgIpc) is 2.45. The van der Waals surface area contributed by atoms with Crippen LogP contribution in [-0.2, 0) is 0 Å². The number of carbonyl (C=O) groups is 1. The minimum absolute atomic E-state index is 0.142. The standard InChI is InChI=1S/C16H15BrClNOS/c1-11-2-5-13(6-3-11)21-9-8-19-16(20)14-7-4-12(17)10-15(14)18/h2-7,10H,8-9H2,1H3,(H,19,20). The Morgan fingerprint density at radius 2 is 1.95 bits per heavy atom. The first-order valence-electron chi connectivity index (χ1n) is 6.49. The largest absolute Gasteiger partial charge is 0.351 e. The van der Waals surface area contributed by atoms with E-state index in [1.54, 1.807) is 23.9 Å². The van der Waals surface area contributed by atoms with E-state index in [1.807, 2.05) is 6.07 Å². The Morgan fingerprint density at radius 3 is 2.62 bits per heavy atom. The summed E-state index contributed by atoms with van der Waals surface area (Å²) in [4.78, 5) is 13.2. The number of benzene rings is 2. The van der Waals surface area contributed by atoms with Crippen molar-refractivity contribution in [1.82, 2.24) is 5.32 Å². The Morgan fingerprint density at radius 1 is 1.24 bits per heavy atom. The predicted molar refractivity (Wildman–Crippen MR) is 93.4 cm³/mol. The molecule has 0 spiro atoms. The zero-order valence-corrected chi connectivity index (χ0v) is 14.7. The van der Waals surface area contributed by atoms with E-state index in [0.29, 0.717) is 17.1 Å². The Hall–Kier alpha value is -0.970. The molecule has 0 saturated carbocycles. The molecule has 0 atom stereocenters. The van der Waals surface area contributed by atoms with Crippen LogP contribution >= 0.6 is 39.3 Å². The Balaban J connectivity index is 1.80. The van der Waals surface area contributed by atoms with Crippen molar-refractivity contribution in [1.29, 1.82) is 0 Å². The second-order valence-electron chi connectivity index (χ2n) is 4.54. The Kier molecular flexibility index (Phi) is 6.15. The van der Waals surface area contributed by atoms with E-state index < -0.39 is 0 Å². The fraction of sp³-hybridized carbons (Fsp3) is 0.188. The molecular formula is C16H15BrClNOS. The van der Waals surface area contributed by atoms with Crippen LogP contribution in [0.3, 0.4) is 0 Å². The highest BCUT2D eigenvalue weighted by atomic mass is 79.9. The number of carbonyl (C=O) groups excluding carboxylic acids is 1. The number of hydrogen-bond acceptors (Lipinski definition) is 2. The molecule has 21 heavy (non-hydrogen) atoms.